The van der Waals surface area contributed by atoms with Crippen molar-refractivity contribution in [1.29, 1.82) is 0 Å². The molecule has 1 amide bonds. The predicted molar refractivity (Wildman–Crippen MR) is 87.3 cm³/mol. The van der Waals surface area contributed by atoms with Crippen LogP contribution < -0.4 is 4.72 Å². The maximum Gasteiger partial charge on any atom is 0.240 e. The van der Waals surface area contributed by atoms with Crippen LogP contribution >= 0.6 is 0 Å². The zero-order chi connectivity index (χ0) is 16.4. The number of carbonyl (C=O) groups excluding carboxylic acids is 1. The highest BCUT2D eigenvalue weighted by Crippen LogP contribution is 2.32. The van der Waals surface area contributed by atoms with Crippen molar-refractivity contribution < 1.29 is 13.2 Å². The monoisotopic (exact) mass is 333 g/mol. The van der Waals surface area contributed by atoms with Gasteiger partial charge in [-0.15, -0.1) is 0 Å². The van der Waals surface area contributed by atoms with Crippen molar-refractivity contribution in [2.24, 2.45) is 0 Å². The fraction of sp³-hybridized carbons (Fsp3) is 0.312. The molecule has 3 rings (SSSR count). The number of carbonyl (C=O) groups is 1. The van der Waals surface area contributed by atoms with Crippen molar-refractivity contribution in [3.8, 4) is 0 Å². The lowest BCUT2D eigenvalue weighted by Gasteiger charge is -2.37. The summed E-state index contributed by atoms with van der Waals surface area (Å²) < 4.78 is 27.8. The number of amides is 1. The van der Waals surface area contributed by atoms with Crippen LogP contribution in [0.4, 0.5) is 0 Å². The van der Waals surface area contributed by atoms with Crippen molar-refractivity contribution in [3.63, 3.8) is 0 Å². The largest absolute Gasteiger partial charge is 0.348 e. The van der Waals surface area contributed by atoms with Crippen molar-refractivity contribution in [3.05, 3.63) is 59.9 Å². The van der Waals surface area contributed by atoms with Gasteiger partial charge in [0.05, 0.1) is 6.04 Å². The van der Waals surface area contributed by atoms with E-state index in [2.05, 4.69) is 9.29 Å². The maximum atomic E-state index is 12.6. The number of aromatic nitrogens is 1. The number of hydrogen-bond acceptors (Lipinski definition) is 3. The second-order valence-electron chi connectivity index (χ2n) is 5.49. The molecular weight excluding hydrogens is 314 g/mol. The van der Waals surface area contributed by atoms with Crippen LogP contribution in [0.3, 0.4) is 0 Å². The van der Waals surface area contributed by atoms with E-state index in [1.54, 1.807) is 4.90 Å². The van der Waals surface area contributed by atoms with Crippen LogP contribution in [0, 0.1) is 0 Å². The van der Waals surface area contributed by atoms with Crippen LogP contribution in [0.2, 0.25) is 0 Å². The molecule has 0 unspecified atom stereocenters. The van der Waals surface area contributed by atoms with Crippen LogP contribution in [0.1, 0.15) is 17.3 Å². The SMILES string of the molecule is CNS(=O)(=O)CC(=O)N1CCn2cccc2[C@@H]1c1ccccc1. The Kier molecular flexibility index (Phi) is 4.23. The topological polar surface area (TPSA) is 71.4 Å². The zero-order valence-electron chi connectivity index (χ0n) is 12.8. The number of benzene rings is 1. The van der Waals surface area contributed by atoms with Gasteiger partial charge in [0.1, 0.15) is 5.75 Å². The van der Waals surface area contributed by atoms with Gasteiger partial charge in [-0.2, -0.15) is 0 Å². The van der Waals surface area contributed by atoms with Gasteiger partial charge in [0.2, 0.25) is 15.9 Å². The molecule has 0 fully saturated rings. The minimum Gasteiger partial charge on any atom is -0.348 e. The van der Waals surface area contributed by atoms with Gasteiger partial charge < -0.3 is 9.47 Å². The first-order valence-corrected chi connectivity index (χ1v) is 9.08. The summed E-state index contributed by atoms with van der Waals surface area (Å²) in [5, 5.41) is 0. The summed E-state index contributed by atoms with van der Waals surface area (Å²) in [5.74, 6) is -0.922. The van der Waals surface area contributed by atoms with Crippen LogP contribution in [-0.2, 0) is 21.4 Å². The summed E-state index contributed by atoms with van der Waals surface area (Å²) >= 11 is 0. The predicted octanol–water partition coefficient (Wildman–Crippen LogP) is 0.969. The number of sulfonamides is 1. The summed E-state index contributed by atoms with van der Waals surface area (Å²) in [6.07, 6.45) is 1.98. The Morgan fingerprint density at radius 3 is 2.61 bits per heavy atom. The summed E-state index contributed by atoms with van der Waals surface area (Å²) in [7, 11) is -2.27. The summed E-state index contributed by atoms with van der Waals surface area (Å²) in [6, 6.07) is 13.3. The van der Waals surface area contributed by atoms with Gasteiger partial charge in [0, 0.05) is 25.0 Å². The Bertz CT molecular complexity index is 799. The Labute approximate surface area is 135 Å². The molecule has 1 aliphatic rings. The molecule has 1 aromatic carbocycles. The molecule has 0 saturated heterocycles. The maximum absolute atomic E-state index is 12.6. The standard InChI is InChI=1S/C16H19N3O3S/c1-17-23(21,22)12-15(20)19-11-10-18-9-5-8-14(18)16(19)13-6-3-2-4-7-13/h2-9,16-17H,10-12H2,1H3/t16-/m0/s1. The molecule has 1 N–H and O–H groups in total. The Morgan fingerprint density at radius 1 is 1.17 bits per heavy atom. The van der Waals surface area contributed by atoms with E-state index in [9.17, 15) is 13.2 Å². The highest BCUT2D eigenvalue weighted by Gasteiger charge is 2.33. The molecule has 0 radical (unpaired) electrons. The molecule has 1 aromatic heterocycles. The van der Waals surface area contributed by atoms with E-state index in [0.29, 0.717) is 13.1 Å². The van der Waals surface area contributed by atoms with Gasteiger partial charge in [-0.3, -0.25) is 4.79 Å². The van der Waals surface area contributed by atoms with Crippen LogP contribution in [0.5, 0.6) is 0 Å². The first-order chi connectivity index (χ1) is 11.0. The van der Waals surface area contributed by atoms with Gasteiger partial charge in [0.15, 0.2) is 0 Å². The second-order valence-corrected chi connectivity index (χ2v) is 7.42. The Balaban J connectivity index is 1.98. The molecule has 0 saturated carbocycles. The molecule has 6 nitrogen and oxygen atoms in total. The normalized spacial score (nSPS) is 17.8. The van der Waals surface area contributed by atoms with E-state index < -0.39 is 15.8 Å². The smallest absolute Gasteiger partial charge is 0.240 e. The molecule has 122 valence electrons. The van der Waals surface area contributed by atoms with Crippen LogP contribution in [0.15, 0.2) is 48.7 Å². The van der Waals surface area contributed by atoms with Crippen molar-refractivity contribution >= 4 is 15.9 Å². The van der Waals surface area contributed by atoms with Gasteiger partial charge in [0.25, 0.3) is 0 Å². The van der Waals surface area contributed by atoms with E-state index in [0.717, 1.165) is 11.3 Å². The van der Waals surface area contributed by atoms with E-state index in [-0.39, 0.29) is 11.9 Å². The summed E-state index contributed by atoms with van der Waals surface area (Å²) in [4.78, 5) is 14.2. The van der Waals surface area contributed by atoms with Crippen molar-refractivity contribution in [1.82, 2.24) is 14.2 Å². The zero-order valence-corrected chi connectivity index (χ0v) is 13.7. The number of nitrogens with one attached hydrogen (secondary N) is 1. The van der Waals surface area contributed by atoms with Gasteiger partial charge in [-0.25, -0.2) is 13.1 Å². The fourth-order valence-electron chi connectivity index (χ4n) is 2.96. The lowest BCUT2D eigenvalue weighted by molar-refractivity contribution is -0.131. The molecule has 2 heterocycles. The molecule has 7 heteroatoms. The summed E-state index contributed by atoms with van der Waals surface area (Å²) in [5.41, 5.74) is 1.97. The molecule has 2 aromatic rings. The minimum atomic E-state index is -3.59. The quantitative estimate of drug-likeness (QED) is 0.906. The fourth-order valence-corrected chi connectivity index (χ4v) is 3.59. The van der Waals surface area contributed by atoms with Crippen molar-refractivity contribution in [2.75, 3.05) is 19.3 Å². The van der Waals surface area contributed by atoms with Crippen LogP contribution in [-0.4, -0.2) is 43.1 Å². The number of fused-ring (bicyclic) bond motifs is 1. The van der Waals surface area contributed by atoms with E-state index >= 15 is 0 Å². The molecule has 23 heavy (non-hydrogen) atoms. The lowest BCUT2D eigenvalue weighted by atomic mass is 10.00. The first kappa shape index (κ1) is 15.8. The van der Waals surface area contributed by atoms with E-state index in [1.807, 2.05) is 48.7 Å². The Hall–Kier alpha value is -2.12. The third-order valence-corrected chi connectivity index (χ3v) is 5.35. The minimum absolute atomic E-state index is 0.264. The molecule has 0 aliphatic carbocycles. The number of hydrogen-bond donors (Lipinski definition) is 1. The first-order valence-electron chi connectivity index (χ1n) is 7.42. The summed E-state index contributed by atoms with van der Waals surface area (Å²) in [6.45, 7) is 1.15. The van der Waals surface area contributed by atoms with Crippen molar-refractivity contribution in [2.45, 2.75) is 12.6 Å². The Morgan fingerprint density at radius 2 is 1.91 bits per heavy atom. The van der Waals surface area contributed by atoms with E-state index in [1.165, 1.54) is 7.05 Å². The molecular formula is C16H19N3O3S. The molecule has 0 spiro atoms. The van der Waals surface area contributed by atoms with Gasteiger partial charge in [-0.1, -0.05) is 30.3 Å². The average Bonchev–Trinajstić information content (AvgIpc) is 3.03. The number of nitrogens with zero attached hydrogens (tertiary/aromatic N) is 2. The van der Waals surface area contributed by atoms with Crippen LogP contribution in [0.25, 0.3) is 0 Å². The third kappa shape index (κ3) is 3.16. The van der Waals surface area contributed by atoms with Gasteiger partial charge >= 0.3 is 0 Å². The average molecular weight is 333 g/mol. The van der Waals surface area contributed by atoms with E-state index in [4.69, 9.17) is 0 Å². The highest BCUT2D eigenvalue weighted by atomic mass is 32.2. The third-order valence-electron chi connectivity index (χ3n) is 4.10. The lowest BCUT2D eigenvalue weighted by Crippen LogP contribution is -2.45. The second kappa shape index (κ2) is 6.17. The molecule has 1 aliphatic heterocycles. The molecule has 0 bridgehead atoms. The number of rotatable bonds is 4. The van der Waals surface area contributed by atoms with Gasteiger partial charge in [-0.05, 0) is 24.7 Å². The highest BCUT2D eigenvalue weighted by molar-refractivity contribution is 7.90. The molecule has 1 atom stereocenters.